The van der Waals surface area contributed by atoms with Gasteiger partial charge < -0.3 is 20.3 Å². The number of imidazole rings is 1. The number of nitrogens with zero attached hydrogens (tertiary/aromatic N) is 2. The van der Waals surface area contributed by atoms with E-state index in [9.17, 15) is 4.79 Å². The third-order valence-corrected chi connectivity index (χ3v) is 3.73. The minimum Gasteiger partial charge on any atom is -0.395 e. The Labute approximate surface area is 144 Å². The predicted molar refractivity (Wildman–Crippen MR) is 95.4 cm³/mol. The Hall–Kier alpha value is -2.57. The molecule has 0 aliphatic heterocycles. The SMILES string of the molecule is O=C(Cn1c(NCCO)nc2ccccc21)Nc1ccc(Cl)cc1. The number of nitrogens with one attached hydrogen (secondary N) is 2. The molecule has 3 aromatic rings. The summed E-state index contributed by atoms with van der Waals surface area (Å²) < 4.78 is 1.79. The average molecular weight is 345 g/mol. The van der Waals surface area contributed by atoms with Crippen LogP contribution in [0, 0.1) is 0 Å². The maximum Gasteiger partial charge on any atom is 0.244 e. The molecule has 0 aliphatic rings. The number of rotatable bonds is 6. The topological polar surface area (TPSA) is 79.2 Å². The van der Waals surface area contributed by atoms with Crippen molar-refractivity contribution in [2.45, 2.75) is 6.54 Å². The fourth-order valence-electron chi connectivity index (χ4n) is 2.42. The van der Waals surface area contributed by atoms with E-state index >= 15 is 0 Å². The first-order valence-electron chi connectivity index (χ1n) is 7.53. The lowest BCUT2D eigenvalue weighted by Crippen LogP contribution is -2.21. The Morgan fingerprint density at radius 1 is 1.17 bits per heavy atom. The van der Waals surface area contributed by atoms with Gasteiger partial charge in [0.05, 0.1) is 17.6 Å². The van der Waals surface area contributed by atoms with Crippen LogP contribution in [-0.2, 0) is 11.3 Å². The minimum absolute atomic E-state index is 0.0137. The number of aliphatic hydroxyl groups is 1. The highest BCUT2D eigenvalue weighted by molar-refractivity contribution is 6.30. The van der Waals surface area contributed by atoms with Crippen LogP contribution in [0.1, 0.15) is 0 Å². The number of anilines is 2. The van der Waals surface area contributed by atoms with Gasteiger partial charge in [0.2, 0.25) is 11.9 Å². The van der Waals surface area contributed by atoms with E-state index in [4.69, 9.17) is 16.7 Å². The van der Waals surface area contributed by atoms with Crippen LogP contribution in [0.25, 0.3) is 11.0 Å². The maximum absolute atomic E-state index is 12.4. The normalized spacial score (nSPS) is 10.8. The summed E-state index contributed by atoms with van der Waals surface area (Å²) in [7, 11) is 0. The van der Waals surface area contributed by atoms with Crippen LogP contribution in [0.3, 0.4) is 0 Å². The summed E-state index contributed by atoms with van der Waals surface area (Å²) in [4.78, 5) is 16.8. The Kier molecular flexibility index (Phi) is 4.98. The zero-order valence-corrected chi connectivity index (χ0v) is 13.6. The van der Waals surface area contributed by atoms with Gasteiger partial charge in [-0.25, -0.2) is 4.98 Å². The van der Waals surface area contributed by atoms with Crippen LogP contribution in [0.4, 0.5) is 11.6 Å². The van der Waals surface area contributed by atoms with Crippen LogP contribution in [0.5, 0.6) is 0 Å². The van der Waals surface area contributed by atoms with E-state index < -0.39 is 0 Å². The molecular weight excluding hydrogens is 328 g/mol. The molecule has 3 N–H and O–H groups in total. The minimum atomic E-state index is -0.174. The molecule has 24 heavy (non-hydrogen) atoms. The summed E-state index contributed by atoms with van der Waals surface area (Å²) in [5.74, 6) is 0.379. The molecule has 0 unspecified atom stereocenters. The second-order valence-corrected chi connectivity index (χ2v) is 5.65. The number of halogens is 1. The molecule has 0 bridgehead atoms. The third-order valence-electron chi connectivity index (χ3n) is 3.48. The summed E-state index contributed by atoms with van der Waals surface area (Å²) in [6, 6.07) is 14.5. The van der Waals surface area contributed by atoms with E-state index in [1.165, 1.54) is 0 Å². The standard InChI is InChI=1S/C17H17ClN4O2/c18-12-5-7-13(8-6-12)20-16(24)11-22-15-4-2-1-3-14(15)21-17(22)19-9-10-23/h1-8,23H,9-11H2,(H,19,21)(H,20,24). The van der Waals surface area contributed by atoms with Gasteiger partial charge in [0, 0.05) is 17.3 Å². The molecular formula is C17H17ClN4O2. The van der Waals surface area contributed by atoms with E-state index in [1.54, 1.807) is 28.8 Å². The van der Waals surface area contributed by atoms with Crippen molar-refractivity contribution in [3.8, 4) is 0 Å². The van der Waals surface area contributed by atoms with Gasteiger partial charge in [-0.1, -0.05) is 23.7 Å². The summed E-state index contributed by atoms with van der Waals surface area (Å²) in [5.41, 5.74) is 2.32. The highest BCUT2D eigenvalue weighted by Crippen LogP contribution is 2.20. The third kappa shape index (κ3) is 3.67. The molecule has 0 saturated heterocycles. The monoisotopic (exact) mass is 344 g/mol. The van der Waals surface area contributed by atoms with Gasteiger partial charge >= 0.3 is 0 Å². The van der Waals surface area contributed by atoms with Gasteiger partial charge in [-0.05, 0) is 36.4 Å². The molecule has 3 rings (SSSR count). The first-order valence-corrected chi connectivity index (χ1v) is 7.90. The van der Waals surface area contributed by atoms with Crippen molar-refractivity contribution in [1.82, 2.24) is 9.55 Å². The molecule has 124 valence electrons. The molecule has 0 aliphatic carbocycles. The maximum atomic E-state index is 12.4. The molecule has 1 amide bonds. The number of carbonyl (C=O) groups is 1. The Bertz CT molecular complexity index is 845. The van der Waals surface area contributed by atoms with Gasteiger partial charge in [-0.15, -0.1) is 0 Å². The predicted octanol–water partition coefficient (Wildman–Crippen LogP) is 2.73. The number of amides is 1. The molecule has 1 heterocycles. The zero-order chi connectivity index (χ0) is 16.9. The fourth-order valence-corrected chi connectivity index (χ4v) is 2.54. The molecule has 0 atom stereocenters. The molecule has 0 fully saturated rings. The smallest absolute Gasteiger partial charge is 0.244 e. The van der Waals surface area contributed by atoms with E-state index in [-0.39, 0.29) is 19.1 Å². The van der Waals surface area contributed by atoms with Crippen molar-refractivity contribution in [1.29, 1.82) is 0 Å². The Balaban J connectivity index is 1.82. The van der Waals surface area contributed by atoms with Crippen LogP contribution >= 0.6 is 11.6 Å². The fraction of sp³-hybridized carbons (Fsp3) is 0.176. The van der Waals surface area contributed by atoms with Gasteiger partial charge in [0.1, 0.15) is 6.54 Å². The van der Waals surface area contributed by atoms with Crippen molar-refractivity contribution in [3.05, 3.63) is 53.6 Å². The molecule has 6 nitrogen and oxygen atoms in total. The lowest BCUT2D eigenvalue weighted by Gasteiger charge is -2.11. The summed E-state index contributed by atoms with van der Waals surface area (Å²) in [6.07, 6.45) is 0. The van der Waals surface area contributed by atoms with Gasteiger partial charge in [-0.2, -0.15) is 0 Å². The van der Waals surface area contributed by atoms with Crippen molar-refractivity contribution in [2.24, 2.45) is 0 Å². The molecule has 7 heteroatoms. The molecule has 0 saturated carbocycles. The van der Waals surface area contributed by atoms with Gasteiger partial charge in [0.25, 0.3) is 0 Å². The van der Waals surface area contributed by atoms with E-state index in [0.29, 0.717) is 23.2 Å². The largest absolute Gasteiger partial charge is 0.395 e. The molecule has 1 aromatic heterocycles. The van der Waals surface area contributed by atoms with E-state index in [2.05, 4.69) is 15.6 Å². The van der Waals surface area contributed by atoms with Crippen molar-refractivity contribution in [3.63, 3.8) is 0 Å². The highest BCUT2D eigenvalue weighted by atomic mass is 35.5. The summed E-state index contributed by atoms with van der Waals surface area (Å²) in [5, 5.41) is 15.5. The lowest BCUT2D eigenvalue weighted by atomic mass is 10.3. The number of hydrogen-bond donors (Lipinski definition) is 3. The number of hydrogen-bond acceptors (Lipinski definition) is 4. The van der Waals surface area contributed by atoms with Crippen molar-refractivity contribution in [2.75, 3.05) is 23.8 Å². The number of carbonyl (C=O) groups excluding carboxylic acids is 1. The van der Waals surface area contributed by atoms with Crippen LogP contribution < -0.4 is 10.6 Å². The number of para-hydroxylation sites is 2. The number of aromatic nitrogens is 2. The van der Waals surface area contributed by atoms with Gasteiger partial charge in [0.15, 0.2) is 0 Å². The van der Waals surface area contributed by atoms with E-state index in [0.717, 1.165) is 11.0 Å². The molecule has 2 aromatic carbocycles. The lowest BCUT2D eigenvalue weighted by molar-refractivity contribution is -0.116. The quantitative estimate of drug-likeness (QED) is 0.642. The highest BCUT2D eigenvalue weighted by Gasteiger charge is 2.13. The van der Waals surface area contributed by atoms with E-state index in [1.807, 2.05) is 24.3 Å². The second-order valence-electron chi connectivity index (χ2n) is 5.22. The number of benzene rings is 2. The summed E-state index contributed by atoms with van der Waals surface area (Å²) in [6.45, 7) is 0.458. The molecule has 0 radical (unpaired) electrons. The van der Waals surface area contributed by atoms with Crippen molar-refractivity contribution < 1.29 is 9.90 Å². The summed E-state index contributed by atoms with van der Waals surface area (Å²) >= 11 is 5.84. The first kappa shape index (κ1) is 16.3. The zero-order valence-electron chi connectivity index (χ0n) is 12.9. The van der Waals surface area contributed by atoms with Crippen LogP contribution in [0.2, 0.25) is 5.02 Å². The number of fused-ring (bicyclic) bond motifs is 1. The van der Waals surface area contributed by atoms with Crippen LogP contribution in [-0.4, -0.2) is 33.7 Å². The Morgan fingerprint density at radius 3 is 2.67 bits per heavy atom. The number of aliphatic hydroxyl groups excluding tert-OH is 1. The Morgan fingerprint density at radius 2 is 1.92 bits per heavy atom. The van der Waals surface area contributed by atoms with Crippen molar-refractivity contribution >= 4 is 40.2 Å². The first-order chi connectivity index (χ1) is 11.7. The van der Waals surface area contributed by atoms with Gasteiger partial charge in [-0.3, -0.25) is 4.79 Å². The average Bonchev–Trinajstić information content (AvgIpc) is 2.93. The van der Waals surface area contributed by atoms with Crippen LogP contribution in [0.15, 0.2) is 48.5 Å². The molecule has 0 spiro atoms. The second kappa shape index (κ2) is 7.33.